The second-order valence-corrected chi connectivity index (χ2v) is 3.85. The van der Waals surface area contributed by atoms with Gasteiger partial charge in [-0.05, 0) is 24.5 Å². The summed E-state index contributed by atoms with van der Waals surface area (Å²) in [4.78, 5) is 0. The number of hydrogen-bond donors (Lipinski definition) is 0. The van der Waals surface area contributed by atoms with E-state index in [1.54, 1.807) is 6.08 Å². The van der Waals surface area contributed by atoms with Crippen LogP contribution in [-0.2, 0) is 0 Å². The summed E-state index contributed by atoms with van der Waals surface area (Å²) >= 11 is 0. The maximum atomic E-state index is 13.7. The van der Waals surface area contributed by atoms with Crippen LogP contribution in [0.15, 0.2) is 72.7 Å². The van der Waals surface area contributed by atoms with Crippen molar-refractivity contribution in [1.82, 2.24) is 0 Å². The maximum Gasteiger partial charge on any atom is 0.130 e. The molecule has 0 aromatic rings. The van der Waals surface area contributed by atoms with E-state index in [1.165, 1.54) is 6.08 Å². The Balaban J connectivity index is 4.67. The molecular formula is C16H21F. The molecule has 0 unspecified atom stereocenters. The predicted molar refractivity (Wildman–Crippen MR) is 75.5 cm³/mol. The van der Waals surface area contributed by atoms with Crippen molar-refractivity contribution in [2.45, 2.75) is 26.7 Å². The molecule has 0 bridgehead atoms. The summed E-state index contributed by atoms with van der Waals surface area (Å²) in [6.07, 6.45) is 6.54. The second kappa shape index (κ2) is 7.61. The molecule has 0 aliphatic carbocycles. The van der Waals surface area contributed by atoms with Gasteiger partial charge < -0.3 is 0 Å². The van der Waals surface area contributed by atoms with Gasteiger partial charge in [-0.2, -0.15) is 0 Å². The Bertz CT molecular complexity index is 392. The summed E-state index contributed by atoms with van der Waals surface area (Å²) in [7, 11) is 0. The van der Waals surface area contributed by atoms with Gasteiger partial charge in [0.05, 0.1) is 0 Å². The quantitative estimate of drug-likeness (QED) is 0.513. The van der Waals surface area contributed by atoms with Gasteiger partial charge in [0.25, 0.3) is 0 Å². The van der Waals surface area contributed by atoms with Crippen LogP contribution >= 0.6 is 0 Å². The molecular weight excluding hydrogens is 211 g/mol. The molecule has 0 aromatic carbocycles. The highest BCUT2D eigenvalue weighted by molar-refractivity contribution is 5.48. The Morgan fingerprint density at radius 3 is 1.94 bits per heavy atom. The van der Waals surface area contributed by atoms with Gasteiger partial charge in [0.2, 0.25) is 0 Å². The number of allylic oxidation sites excluding steroid dienone is 8. The molecule has 1 heteroatoms. The Kier molecular flexibility index (Phi) is 6.88. The van der Waals surface area contributed by atoms with Gasteiger partial charge in [-0.15, -0.1) is 0 Å². The number of halogens is 1. The van der Waals surface area contributed by atoms with Gasteiger partial charge in [0.1, 0.15) is 5.83 Å². The molecule has 0 saturated heterocycles. The van der Waals surface area contributed by atoms with E-state index in [9.17, 15) is 4.39 Å². The average molecular weight is 232 g/mol. The minimum atomic E-state index is -0.381. The van der Waals surface area contributed by atoms with Crippen LogP contribution in [0.5, 0.6) is 0 Å². The molecule has 0 aliphatic rings. The summed E-state index contributed by atoms with van der Waals surface area (Å²) < 4.78 is 13.7. The number of rotatable bonds is 7. The summed E-state index contributed by atoms with van der Waals surface area (Å²) in [5, 5.41) is 0. The smallest absolute Gasteiger partial charge is 0.130 e. The monoisotopic (exact) mass is 232 g/mol. The Morgan fingerprint density at radius 1 is 0.941 bits per heavy atom. The maximum absolute atomic E-state index is 13.7. The SMILES string of the molecule is C=C(/C=C\C(=C)C(=C)/C(F)=C\C(=C)CC)CC. The first-order valence-electron chi connectivity index (χ1n) is 5.71. The highest BCUT2D eigenvalue weighted by atomic mass is 19.1. The van der Waals surface area contributed by atoms with E-state index >= 15 is 0 Å². The summed E-state index contributed by atoms with van der Waals surface area (Å²) in [6, 6.07) is 0. The zero-order valence-electron chi connectivity index (χ0n) is 10.9. The molecule has 0 radical (unpaired) electrons. The van der Waals surface area contributed by atoms with Crippen molar-refractivity contribution in [3.8, 4) is 0 Å². The van der Waals surface area contributed by atoms with Crippen LogP contribution in [0.4, 0.5) is 4.39 Å². The molecule has 0 aliphatic heterocycles. The van der Waals surface area contributed by atoms with Crippen molar-refractivity contribution < 1.29 is 4.39 Å². The molecule has 0 amide bonds. The third-order valence-corrected chi connectivity index (χ3v) is 2.44. The first-order chi connectivity index (χ1) is 7.92. The fourth-order valence-electron chi connectivity index (χ4n) is 0.959. The van der Waals surface area contributed by atoms with E-state index in [0.717, 1.165) is 24.0 Å². The van der Waals surface area contributed by atoms with Gasteiger partial charge in [0.15, 0.2) is 0 Å². The first-order valence-corrected chi connectivity index (χ1v) is 5.71. The van der Waals surface area contributed by atoms with Crippen molar-refractivity contribution in [3.63, 3.8) is 0 Å². The second-order valence-electron chi connectivity index (χ2n) is 3.85. The highest BCUT2D eigenvalue weighted by Gasteiger charge is 2.03. The molecule has 0 nitrogen and oxygen atoms in total. The lowest BCUT2D eigenvalue weighted by Gasteiger charge is -2.03. The fourth-order valence-corrected chi connectivity index (χ4v) is 0.959. The molecule has 0 spiro atoms. The van der Waals surface area contributed by atoms with Crippen molar-refractivity contribution in [2.75, 3.05) is 0 Å². The van der Waals surface area contributed by atoms with Crippen molar-refractivity contribution in [2.24, 2.45) is 0 Å². The third kappa shape index (κ3) is 5.86. The van der Waals surface area contributed by atoms with Crippen molar-refractivity contribution >= 4 is 0 Å². The zero-order valence-corrected chi connectivity index (χ0v) is 10.9. The lowest BCUT2D eigenvalue weighted by atomic mass is 10.0. The average Bonchev–Trinajstić information content (AvgIpc) is 2.33. The molecule has 0 N–H and O–H groups in total. The normalized spacial score (nSPS) is 11.6. The largest absolute Gasteiger partial charge is 0.206 e. The van der Waals surface area contributed by atoms with Gasteiger partial charge in [-0.25, -0.2) is 4.39 Å². The van der Waals surface area contributed by atoms with E-state index in [-0.39, 0.29) is 5.83 Å². The summed E-state index contributed by atoms with van der Waals surface area (Å²) in [5.41, 5.74) is 2.55. The lowest BCUT2D eigenvalue weighted by molar-refractivity contribution is 0.654. The molecule has 0 rings (SSSR count). The zero-order chi connectivity index (χ0) is 13.4. The molecule has 0 atom stereocenters. The van der Waals surface area contributed by atoms with E-state index in [0.29, 0.717) is 11.1 Å². The topological polar surface area (TPSA) is 0 Å². The minimum Gasteiger partial charge on any atom is -0.206 e. The van der Waals surface area contributed by atoms with Crippen LogP contribution in [0, 0.1) is 0 Å². The van der Waals surface area contributed by atoms with Crippen LogP contribution in [0.2, 0.25) is 0 Å². The van der Waals surface area contributed by atoms with Gasteiger partial charge in [0, 0.05) is 5.57 Å². The highest BCUT2D eigenvalue weighted by Crippen LogP contribution is 2.21. The van der Waals surface area contributed by atoms with Crippen LogP contribution in [0.25, 0.3) is 0 Å². The van der Waals surface area contributed by atoms with E-state index in [2.05, 4.69) is 26.3 Å². The molecule has 0 saturated carbocycles. The Labute approximate surface area is 104 Å². The standard InChI is InChI=1S/C16H21F/c1-7-12(3)9-10-14(5)15(6)16(17)11-13(4)8-2/h9-11H,3-8H2,1-2H3/b10-9-,16-11+. The molecule has 92 valence electrons. The van der Waals surface area contributed by atoms with Gasteiger partial charge in [-0.3, -0.25) is 0 Å². The molecule has 0 aromatic heterocycles. The van der Waals surface area contributed by atoms with Crippen LogP contribution in [0.1, 0.15) is 26.7 Å². The van der Waals surface area contributed by atoms with Crippen LogP contribution in [0.3, 0.4) is 0 Å². The summed E-state index contributed by atoms with van der Waals surface area (Å²) in [6.45, 7) is 18.9. The van der Waals surface area contributed by atoms with Crippen molar-refractivity contribution in [3.05, 3.63) is 72.7 Å². The van der Waals surface area contributed by atoms with Crippen LogP contribution in [-0.4, -0.2) is 0 Å². The minimum absolute atomic E-state index is 0.291. The van der Waals surface area contributed by atoms with Gasteiger partial charge >= 0.3 is 0 Å². The van der Waals surface area contributed by atoms with Gasteiger partial charge in [-0.1, -0.05) is 63.5 Å². The lowest BCUT2D eigenvalue weighted by Crippen LogP contribution is -1.86. The predicted octanol–water partition coefficient (Wildman–Crippen LogP) is 5.44. The first kappa shape index (κ1) is 15.4. The summed E-state index contributed by atoms with van der Waals surface area (Å²) in [5.74, 6) is -0.381. The van der Waals surface area contributed by atoms with Crippen molar-refractivity contribution in [1.29, 1.82) is 0 Å². The molecule has 17 heavy (non-hydrogen) atoms. The number of hydrogen-bond acceptors (Lipinski definition) is 0. The Hall–Kier alpha value is -1.63. The molecule has 0 fully saturated rings. The third-order valence-electron chi connectivity index (χ3n) is 2.44. The fraction of sp³-hybridized carbons (Fsp3) is 0.250. The van der Waals surface area contributed by atoms with E-state index < -0.39 is 0 Å². The Morgan fingerprint density at radius 2 is 1.47 bits per heavy atom. The van der Waals surface area contributed by atoms with E-state index in [1.807, 2.05) is 19.9 Å². The van der Waals surface area contributed by atoms with Crippen LogP contribution < -0.4 is 0 Å². The molecule has 0 heterocycles. The van der Waals surface area contributed by atoms with E-state index in [4.69, 9.17) is 0 Å².